The van der Waals surface area contributed by atoms with Gasteiger partial charge in [0.05, 0.1) is 0 Å². The average Bonchev–Trinajstić information content (AvgIpc) is 2.37. The number of benzene rings is 1. The highest BCUT2D eigenvalue weighted by molar-refractivity contribution is 5.74. The Bertz CT molecular complexity index is 506. The summed E-state index contributed by atoms with van der Waals surface area (Å²) in [7, 11) is 0. The normalized spacial score (nSPS) is 9.94. The van der Waals surface area contributed by atoms with Gasteiger partial charge in [-0.3, -0.25) is 4.79 Å². The van der Waals surface area contributed by atoms with Crippen LogP contribution < -0.4 is 4.74 Å². The highest BCUT2D eigenvalue weighted by Gasteiger charge is 1.98. The molecule has 17 heavy (non-hydrogen) atoms. The van der Waals surface area contributed by atoms with Crippen molar-refractivity contribution in [3.05, 3.63) is 59.3 Å². The van der Waals surface area contributed by atoms with Crippen molar-refractivity contribution in [2.45, 2.75) is 13.5 Å². The van der Waals surface area contributed by atoms with Crippen LogP contribution in [0.4, 0.5) is 0 Å². The van der Waals surface area contributed by atoms with Crippen molar-refractivity contribution in [3.8, 4) is 5.88 Å². The van der Waals surface area contributed by atoms with E-state index in [1.54, 1.807) is 18.3 Å². The van der Waals surface area contributed by atoms with Crippen LogP contribution in [0.1, 0.15) is 21.5 Å². The molecular formula is C14H13NO2. The van der Waals surface area contributed by atoms with Crippen molar-refractivity contribution < 1.29 is 9.53 Å². The number of aromatic nitrogens is 1. The predicted octanol–water partition coefficient (Wildman–Crippen LogP) is 2.78. The van der Waals surface area contributed by atoms with Gasteiger partial charge in [0.25, 0.3) is 0 Å². The Balaban J connectivity index is 1.99. The molecule has 0 spiro atoms. The second kappa shape index (κ2) is 5.25. The van der Waals surface area contributed by atoms with Crippen molar-refractivity contribution in [1.82, 2.24) is 4.98 Å². The fourth-order valence-electron chi connectivity index (χ4n) is 1.44. The van der Waals surface area contributed by atoms with Crippen LogP contribution in [-0.4, -0.2) is 11.3 Å². The predicted molar refractivity (Wildman–Crippen MR) is 65.1 cm³/mol. The van der Waals surface area contributed by atoms with Crippen molar-refractivity contribution in [1.29, 1.82) is 0 Å². The second-order valence-electron chi connectivity index (χ2n) is 3.82. The molecule has 1 aromatic carbocycles. The molecule has 0 fully saturated rings. The van der Waals surface area contributed by atoms with Gasteiger partial charge in [-0.15, -0.1) is 0 Å². The molecule has 3 heteroatoms. The van der Waals surface area contributed by atoms with E-state index in [0.29, 0.717) is 18.1 Å². The van der Waals surface area contributed by atoms with E-state index in [1.807, 2.05) is 31.2 Å². The van der Waals surface area contributed by atoms with E-state index in [9.17, 15) is 4.79 Å². The lowest BCUT2D eigenvalue weighted by molar-refractivity contribution is 0.112. The number of aryl methyl sites for hydroxylation is 1. The summed E-state index contributed by atoms with van der Waals surface area (Å²) in [6.45, 7) is 2.45. The van der Waals surface area contributed by atoms with E-state index < -0.39 is 0 Å². The minimum atomic E-state index is 0.454. The first-order valence-electron chi connectivity index (χ1n) is 5.37. The summed E-state index contributed by atoms with van der Waals surface area (Å²) in [4.78, 5) is 14.6. The molecule has 2 aromatic rings. The van der Waals surface area contributed by atoms with Gasteiger partial charge < -0.3 is 4.74 Å². The number of hydrogen-bond donors (Lipinski definition) is 0. The largest absolute Gasteiger partial charge is 0.473 e. The number of aldehydes is 1. The minimum absolute atomic E-state index is 0.454. The smallest absolute Gasteiger partial charge is 0.213 e. The van der Waals surface area contributed by atoms with E-state index in [2.05, 4.69) is 4.98 Å². The Morgan fingerprint density at radius 3 is 2.65 bits per heavy atom. The van der Waals surface area contributed by atoms with Crippen LogP contribution in [0, 0.1) is 6.92 Å². The van der Waals surface area contributed by atoms with Crippen LogP contribution in [0.15, 0.2) is 42.6 Å². The molecule has 2 rings (SSSR count). The topological polar surface area (TPSA) is 39.2 Å². The first kappa shape index (κ1) is 11.3. The number of nitrogens with zero attached hydrogens (tertiary/aromatic N) is 1. The fraction of sp³-hybridized carbons (Fsp3) is 0.143. The van der Waals surface area contributed by atoms with Gasteiger partial charge in [0.2, 0.25) is 5.88 Å². The summed E-state index contributed by atoms with van der Waals surface area (Å²) in [5, 5.41) is 0. The van der Waals surface area contributed by atoms with Crippen molar-refractivity contribution in [3.63, 3.8) is 0 Å². The molecule has 1 aromatic heterocycles. The Morgan fingerprint density at radius 2 is 2.00 bits per heavy atom. The van der Waals surface area contributed by atoms with Gasteiger partial charge in [-0.1, -0.05) is 24.3 Å². The zero-order valence-electron chi connectivity index (χ0n) is 9.59. The summed E-state index contributed by atoms with van der Waals surface area (Å²) >= 11 is 0. The zero-order chi connectivity index (χ0) is 12.1. The van der Waals surface area contributed by atoms with E-state index in [-0.39, 0.29) is 0 Å². The third-order valence-electron chi connectivity index (χ3n) is 2.39. The molecule has 0 saturated carbocycles. The molecule has 0 aliphatic heterocycles. The van der Waals surface area contributed by atoms with Gasteiger partial charge in [-0.05, 0) is 24.1 Å². The maximum absolute atomic E-state index is 10.5. The van der Waals surface area contributed by atoms with Crippen LogP contribution in [-0.2, 0) is 6.61 Å². The first-order chi connectivity index (χ1) is 8.28. The SMILES string of the molecule is Cc1ccnc(OCc2ccc(C=O)cc2)c1. The summed E-state index contributed by atoms with van der Waals surface area (Å²) in [6.07, 6.45) is 2.55. The summed E-state index contributed by atoms with van der Waals surface area (Å²) in [5.41, 5.74) is 2.80. The molecule has 0 amide bonds. The Hall–Kier alpha value is -2.16. The number of pyridine rings is 1. The van der Waals surface area contributed by atoms with Gasteiger partial charge in [0.15, 0.2) is 0 Å². The van der Waals surface area contributed by atoms with Crippen molar-refractivity contribution >= 4 is 6.29 Å². The van der Waals surface area contributed by atoms with Crippen molar-refractivity contribution in [2.75, 3.05) is 0 Å². The molecule has 0 aliphatic rings. The Morgan fingerprint density at radius 1 is 1.24 bits per heavy atom. The molecule has 3 nitrogen and oxygen atoms in total. The van der Waals surface area contributed by atoms with Gasteiger partial charge in [-0.2, -0.15) is 0 Å². The van der Waals surface area contributed by atoms with Gasteiger partial charge >= 0.3 is 0 Å². The summed E-state index contributed by atoms with van der Waals surface area (Å²) in [6, 6.07) is 11.1. The second-order valence-corrected chi connectivity index (χ2v) is 3.82. The van der Waals surface area contributed by atoms with Crippen LogP contribution in [0.5, 0.6) is 5.88 Å². The van der Waals surface area contributed by atoms with Crippen LogP contribution >= 0.6 is 0 Å². The lowest BCUT2D eigenvalue weighted by Crippen LogP contribution is -1.97. The standard InChI is InChI=1S/C14H13NO2/c1-11-6-7-15-14(8-11)17-10-13-4-2-12(9-16)3-5-13/h2-9H,10H2,1H3. The van der Waals surface area contributed by atoms with Crippen LogP contribution in [0.3, 0.4) is 0 Å². The highest BCUT2D eigenvalue weighted by atomic mass is 16.5. The third kappa shape index (κ3) is 3.14. The fourth-order valence-corrected chi connectivity index (χ4v) is 1.44. The van der Waals surface area contributed by atoms with E-state index in [4.69, 9.17) is 4.74 Å². The molecule has 0 atom stereocenters. The molecule has 1 heterocycles. The molecule has 0 radical (unpaired) electrons. The maximum Gasteiger partial charge on any atom is 0.213 e. The van der Waals surface area contributed by atoms with Gasteiger partial charge in [0.1, 0.15) is 12.9 Å². The molecule has 86 valence electrons. The average molecular weight is 227 g/mol. The highest BCUT2D eigenvalue weighted by Crippen LogP contribution is 2.11. The Labute approximate surface area is 100 Å². The van der Waals surface area contributed by atoms with E-state index in [1.165, 1.54) is 0 Å². The number of carbonyl (C=O) groups is 1. The lowest BCUT2D eigenvalue weighted by Gasteiger charge is -2.05. The van der Waals surface area contributed by atoms with Gasteiger partial charge in [-0.25, -0.2) is 4.98 Å². The molecule has 0 N–H and O–H groups in total. The zero-order valence-corrected chi connectivity index (χ0v) is 9.59. The quantitative estimate of drug-likeness (QED) is 0.754. The number of carbonyl (C=O) groups excluding carboxylic acids is 1. The summed E-state index contributed by atoms with van der Waals surface area (Å²) in [5.74, 6) is 0.615. The lowest BCUT2D eigenvalue weighted by atomic mass is 10.2. The molecule has 0 saturated heterocycles. The third-order valence-corrected chi connectivity index (χ3v) is 2.39. The molecule has 0 bridgehead atoms. The summed E-state index contributed by atoms with van der Waals surface area (Å²) < 4.78 is 5.55. The molecule has 0 aliphatic carbocycles. The minimum Gasteiger partial charge on any atom is -0.473 e. The van der Waals surface area contributed by atoms with Crippen LogP contribution in [0.25, 0.3) is 0 Å². The van der Waals surface area contributed by atoms with Crippen LogP contribution in [0.2, 0.25) is 0 Å². The maximum atomic E-state index is 10.5. The first-order valence-corrected chi connectivity index (χ1v) is 5.37. The van der Waals surface area contributed by atoms with Crippen molar-refractivity contribution in [2.24, 2.45) is 0 Å². The monoisotopic (exact) mass is 227 g/mol. The number of ether oxygens (including phenoxy) is 1. The molecular weight excluding hydrogens is 214 g/mol. The molecule has 0 unspecified atom stereocenters. The van der Waals surface area contributed by atoms with Gasteiger partial charge in [0, 0.05) is 17.8 Å². The number of hydrogen-bond acceptors (Lipinski definition) is 3. The Kier molecular flexibility index (Phi) is 3.50. The number of rotatable bonds is 4. The van der Waals surface area contributed by atoms with E-state index in [0.717, 1.165) is 17.4 Å². The van der Waals surface area contributed by atoms with E-state index >= 15 is 0 Å².